The Morgan fingerprint density at radius 1 is 1.03 bits per heavy atom. The second-order valence-corrected chi connectivity index (χ2v) is 7.67. The van der Waals surface area contributed by atoms with E-state index in [1.807, 2.05) is 0 Å². The molecular formula is C24H25F3N2O. The van der Waals surface area contributed by atoms with Crippen LogP contribution in [0.5, 0.6) is 5.75 Å². The number of phenols is 1. The molecule has 0 aliphatic rings. The summed E-state index contributed by atoms with van der Waals surface area (Å²) in [6, 6.07) is 10.8. The predicted molar refractivity (Wildman–Crippen MR) is 114 cm³/mol. The van der Waals surface area contributed by atoms with E-state index in [1.54, 1.807) is 32.2 Å². The molecule has 0 aliphatic heterocycles. The Morgan fingerprint density at radius 3 is 2.20 bits per heavy atom. The fourth-order valence-electron chi connectivity index (χ4n) is 3.01. The summed E-state index contributed by atoms with van der Waals surface area (Å²) in [4.78, 5) is 0. The maximum absolute atomic E-state index is 14.5. The summed E-state index contributed by atoms with van der Waals surface area (Å²) in [6.45, 7) is 5.16. The second kappa shape index (κ2) is 8.66. The van der Waals surface area contributed by atoms with Gasteiger partial charge >= 0.3 is 0 Å². The molecule has 0 aliphatic carbocycles. The van der Waals surface area contributed by atoms with Crippen molar-refractivity contribution in [1.29, 1.82) is 5.26 Å². The van der Waals surface area contributed by atoms with Gasteiger partial charge in [-0.2, -0.15) is 5.26 Å². The minimum absolute atomic E-state index is 0.0315. The monoisotopic (exact) mass is 414 g/mol. The number of nitrogens with zero attached hydrogens (tertiary/aromatic N) is 1. The average molecular weight is 414 g/mol. The number of rotatable bonds is 6. The molecule has 158 valence electrons. The lowest BCUT2D eigenvalue weighted by Crippen LogP contribution is -2.13. The second-order valence-electron chi connectivity index (χ2n) is 7.67. The fraction of sp³-hybridized carbons (Fsp3) is 0.292. The molecule has 0 atom stereocenters. The number of phenolic OH excluding ortho intramolecular Hbond substituents is 1. The lowest BCUT2D eigenvalue weighted by molar-refractivity contribution is 0.0172. The summed E-state index contributed by atoms with van der Waals surface area (Å²) < 4.78 is 42.3. The summed E-state index contributed by atoms with van der Waals surface area (Å²) >= 11 is 0. The van der Waals surface area contributed by atoms with Crippen LogP contribution >= 0.6 is 0 Å². The molecule has 2 aromatic carbocycles. The first kappa shape index (κ1) is 23.1. The first-order chi connectivity index (χ1) is 13.9. The number of alkyl halides is 3. The van der Waals surface area contributed by atoms with Gasteiger partial charge in [0.1, 0.15) is 23.2 Å². The summed E-state index contributed by atoms with van der Waals surface area (Å²) in [5, 5.41) is 22.0. The van der Waals surface area contributed by atoms with Crippen LogP contribution in [0.2, 0.25) is 0 Å². The van der Waals surface area contributed by atoms with Crippen molar-refractivity contribution < 1.29 is 18.3 Å². The fourth-order valence-corrected chi connectivity index (χ4v) is 3.01. The van der Waals surface area contributed by atoms with Gasteiger partial charge in [-0.25, -0.2) is 13.2 Å². The lowest BCUT2D eigenvalue weighted by atomic mass is 9.93. The lowest BCUT2D eigenvalue weighted by Gasteiger charge is -2.19. The zero-order valence-corrected chi connectivity index (χ0v) is 17.6. The van der Waals surface area contributed by atoms with Crippen LogP contribution in [-0.4, -0.2) is 12.2 Å². The van der Waals surface area contributed by atoms with E-state index < -0.39 is 11.6 Å². The standard InChI is InChI=1S/C24H25F3N2O/c1-15(22(14-28)29-5)21-13-20(30)9-8-17(21)7-6-16-10-18(23(2,3)25)12-19(11-16)24(4,26)27/h6-13,29-30H,1-5H3/b7-6+,22-15+. The van der Waals surface area contributed by atoms with Crippen molar-refractivity contribution in [3.05, 3.63) is 69.9 Å². The van der Waals surface area contributed by atoms with Crippen LogP contribution in [0.25, 0.3) is 17.7 Å². The van der Waals surface area contributed by atoms with E-state index in [2.05, 4.69) is 11.4 Å². The smallest absolute Gasteiger partial charge is 0.270 e. The van der Waals surface area contributed by atoms with E-state index in [1.165, 1.54) is 44.2 Å². The molecule has 6 heteroatoms. The first-order valence-electron chi connectivity index (χ1n) is 9.39. The summed E-state index contributed by atoms with van der Waals surface area (Å²) in [6.07, 6.45) is 3.30. The van der Waals surface area contributed by atoms with E-state index in [9.17, 15) is 23.5 Å². The molecule has 0 unspecified atom stereocenters. The van der Waals surface area contributed by atoms with Gasteiger partial charge in [0.05, 0.1) is 0 Å². The van der Waals surface area contributed by atoms with Crippen LogP contribution in [0, 0.1) is 11.3 Å². The van der Waals surface area contributed by atoms with Crippen molar-refractivity contribution in [2.45, 2.75) is 39.3 Å². The normalized spacial score (nSPS) is 13.2. The molecule has 0 aromatic heterocycles. The zero-order valence-electron chi connectivity index (χ0n) is 17.6. The molecular weight excluding hydrogens is 389 g/mol. The molecule has 0 bridgehead atoms. The maximum Gasteiger partial charge on any atom is 0.270 e. The summed E-state index contributed by atoms with van der Waals surface area (Å²) in [5.74, 6) is -3.08. The average Bonchev–Trinajstić information content (AvgIpc) is 2.66. The molecule has 0 spiro atoms. The van der Waals surface area contributed by atoms with Crippen molar-refractivity contribution in [2.75, 3.05) is 7.05 Å². The number of benzene rings is 2. The molecule has 2 rings (SSSR count). The highest BCUT2D eigenvalue weighted by atomic mass is 19.3. The van der Waals surface area contributed by atoms with Gasteiger partial charge in [-0.3, -0.25) is 0 Å². The van der Waals surface area contributed by atoms with Gasteiger partial charge in [0.15, 0.2) is 0 Å². The molecule has 0 saturated carbocycles. The third-order valence-electron chi connectivity index (χ3n) is 4.78. The van der Waals surface area contributed by atoms with Crippen LogP contribution in [0.3, 0.4) is 0 Å². The van der Waals surface area contributed by atoms with Crippen LogP contribution in [0.4, 0.5) is 13.2 Å². The Labute approximate surface area is 175 Å². The van der Waals surface area contributed by atoms with Gasteiger partial charge in [-0.05, 0) is 78.9 Å². The molecule has 0 radical (unpaired) electrons. The Balaban J connectivity index is 2.61. The number of hydrogen-bond acceptors (Lipinski definition) is 3. The van der Waals surface area contributed by atoms with Crippen molar-refractivity contribution in [3.8, 4) is 11.8 Å². The van der Waals surface area contributed by atoms with E-state index in [0.717, 1.165) is 6.92 Å². The van der Waals surface area contributed by atoms with E-state index in [-0.39, 0.29) is 16.9 Å². The largest absolute Gasteiger partial charge is 0.508 e. The summed E-state index contributed by atoms with van der Waals surface area (Å²) in [5.41, 5.74) is 0.771. The van der Waals surface area contributed by atoms with Crippen molar-refractivity contribution in [3.63, 3.8) is 0 Å². The van der Waals surface area contributed by atoms with Gasteiger partial charge in [-0.1, -0.05) is 18.2 Å². The third kappa shape index (κ3) is 5.44. The van der Waals surface area contributed by atoms with Crippen LogP contribution in [0.15, 0.2) is 42.1 Å². The quantitative estimate of drug-likeness (QED) is 0.428. The number of hydrogen-bond donors (Lipinski definition) is 2. The SMILES string of the molecule is CN/C(C#N)=C(\C)c1cc(O)ccc1/C=C/c1cc(C(C)(C)F)cc(C(C)(F)F)c1. The Bertz CT molecular complexity index is 1000. The third-order valence-corrected chi connectivity index (χ3v) is 4.78. The van der Waals surface area contributed by atoms with Crippen molar-refractivity contribution in [2.24, 2.45) is 0 Å². The van der Waals surface area contributed by atoms with Crippen molar-refractivity contribution in [1.82, 2.24) is 5.32 Å². The van der Waals surface area contributed by atoms with Crippen LogP contribution in [0.1, 0.15) is 55.5 Å². The molecule has 0 heterocycles. The Morgan fingerprint density at radius 2 is 1.67 bits per heavy atom. The number of nitriles is 1. The van der Waals surface area contributed by atoms with E-state index in [4.69, 9.17) is 0 Å². The number of aromatic hydroxyl groups is 1. The molecule has 30 heavy (non-hydrogen) atoms. The Kier molecular flexibility index (Phi) is 6.66. The number of halogens is 3. The molecule has 0 saturated heterocycles. The molecule has 0 fully saturated rings. The van der Waals surface area contributed by atoms with E-state index >= 15 is 0 Å². The number of allylic oxidation sites excluding steroid dienone is 2. The first-order valence-corrected chi connectivity index (χ1v) is 9.39. The van der Waals surface area contributed by atoms with Gasteiger partial charge in [0.25, 0.3) is 5.92 Å². The topological polar surface area (TPSA) is 56.0 Å². The van der Waals surface area contributed by atoms with Gasteiger partial charge in [0, 0.05) is 19.5 Å². The number of nitrogens with one attached hydrogen (secondary N) is 1. The minimum atomic E-state index is -3.11. The van der Waals surface area contributed by atoms with Gasteiger partial charge in [-0.15, -0.1) is 0 Å². The molecule has 2 aromatic rings. The highest BCUT2D eigenvalue weighted by Crippen LogP contribution is 2.34. The van der Waals surface area contributed by atoms with Gasteiger partial charge < -0.3 is 10.4 Å². The minimum Gasteiger partial charge on any atom is -0.508 e. The van der Waals surface area contributed by atoms with E-state index in [0.29, 0.717) is 28.0 Å². The van der Waals surface area contributed by atoms with Gasteiger partial charge in [0.2, 0.25) is 0 Å². The van der Waals surface area contributed by atoms with Crippen molar-refractivity contribution >= 4 is 17.7 Å². The predicted octanol–water partition coefficient (Wildman–Crippen LogP) is 6.35. The van der Waals surface area contributed by atoms with Crippen LogP contribution in [-0.2, 0) is 11.6 Å². The highest BCUT2D eigenvalue weighted by molar-refractivity contribution is 5.81. The maximum atomic E-state index is 14.5. The van der Waals surface area contributed by atoms with Crippen LogP contribution < -0.4 is 5.32 Å². The molecule has 3 nitrogen and oxygen atoms in total. The molecule has 2 N–H and O–H groups in total. The zero-order chi connectivity index (χ0) is 22.7. The Hall–Kier alpha value is -3.20. The highest BCUT2D eigenvalue weighted by Gasteiger charge is 2.28. The molecule has 0 amide bonds. The summed E-state index contributed by atoms with van der Waals surface area (Å²) in [7, 11) is 1.62.